The van der Waals surface area contributed by atoms with Crippen LogP contribution in [0.3, 0.4) is 0 Å². The minimum Gasteiger partial charge on any atom is -0.352 e. The highest BCUT2D eigenvalue weighted by Gasteiger charge is 2.03. The maximum atomic E-state index is 11.8. The molecule has 1 N–H and O–H groups in total. The Morgan fingerprint density at radius 3 is 2.53 bits per heavy atom. The van der Waals surface area contributed by atoms with Gasteiger partial charge in [0.1, 0.15) is 0 Å². The van der Waals surface area contributed by atoms with Crippen LogP contribution in [0.25, 0.3) is 0 Å². The molecule has 0 fully saturated rings. The first kappa shape index (κ1) is 13.7. The number of hydrogen-bond donors (Lipinski definition) is 2. The van der Waals surface area contributed by atoms with E-state index >= 15 is 0 Å². The lowest BCUT2D eigenvalue weighted by atomic mass is 10.1. The van der Waals surface area contributed by atoms with E-state index < -0.39 is 0 Å². The minimum atomic E-state index is 0.0356. The Balaban J connectivity index is 1.86. The standard InChI is InChI=1S/C16H17NOS/c1-12-3-2-4-14(9-12)11-17-16(18)10-13-5-7-15(19)8-6-13/h2-9,19H,10-11H2,1H3,(H,17,18). The van der Waals surface area contributed by atoms with Gasteiger partial charge in [-0.2, -0.15) is 0 Å². The molecule has 0 aliphatic carbocycles. The van der Waals surface area contributed by atoms with Crippen molar-refractivity contribution in [2.24, 2.45) is 0 Å². The second kappa shape index (κ2) is 6.43. The molecule has 19 heavy (non-hydrogen) atoms. The molecule has 0 aliphatic heterocycles. The van der Waals surface area contributed by atoms with Gasteiger partial charge < -0.3 is 5.32 Å². The highest BCUT2D eigenvalue weighted by atomic mass is 32.1. The second-order valence-electron chi connectivity index (χ2n) is 4.61. The van der Waals surface area contributed by atoms with Crippen LogP contribution in [0, 0.1) is 6.92 Å². The van der Waals surface area contributed by atoms with E-state index in [1.54, 1.807) is 0 Å². The Bertz CT molecular complexity index is 563. The third kappa shape index (κ3) is 4.45. The van der Waals surface area contributed by atoms with E-state index in [4.69, 9.17) is 0 Å². The molecule has 0 unspecified atom stereocenters. The number of amides is 1. The van der Waals surface area contributed by atoms with Crippen LogP contribution in [0.5, 0.6) is 0 Å². The normalized spacial score (nSPS) is 10.2. The topological polar surface area (TPSA) is 29.1 Å². The number of benzene rings is 2. The van der Waals surface area contributed by atoms with E-state index in [9.17, 15) is 4.79 Å². The van der Waals surface area contributed by atoms with Crippen molar-refractivity contribution >= 4 is 18.5 Å². The van der Waals surface area contributed by atoms with Gasteiger partial charge in [-0.05, 0) is 30.2 Å². The summed E-state index contributed by atoms with van der Waals surface area (Å²) in [5.74, 6) is 0.0356. The zero-order valence-electron chi connectivity index (χ0n) is 10.9. The smallest absolute Gasteiger partial charge is 0.224 e. The lowest BCUT2D eigenvalue weighted by molar-refractivity contribution is -0.120. The van der Waals surface area contributed by atoms with Gasteiger partial charge in [0, 0.05) is 11.4 Å². The summed E-state index contributed by atoms with van der Waals surface area (Å²) in [5.41, 5.74) is 3.33. The molecule has 2 rings (SSSR count). The van der Waals surface area contributed by atoms with Crippen LogP contribution >= 0.6 is 12.6 Å². The Kier molecular flexibility index (Phi) is 4.63. The van der Waals surface area contributed by atoms with Crippen molar-refractivity contribution in [1.29, 1.82) is 0 Å². The number of thiol groups is 1. The van der Waals surface area contributed by atoms with Crippen molar-refractivity contribution in [3.05, 3.63) is 65.2 Å². The van der Waals surface area contributed by atoms with Gasteiger partial charge in [0.2, 0.25) is 5.91 Å². The van der Waals surface area contributed by atoms with E-state index in [2.05, 4.69) is 24.0 Å². The van der Waals surface area contributed by atoms with Crippen LogP contribution < -0.4 is 5.32 Å². The molecule has 0 bridgehead atoms. The molecule has 2 nitrogen and oxygen atoms in total. The third-order valence-electron chi connectivity index (χ3n) is 2.87. The Labute approximate surface area is 119 Å². The van der Waals surface area contributed by atoms with Crippen LogP contribution in [0.2, 0.25) is 0 Å². The molecule has 0 atom stereocenters. The zero-order valence-corrected chi connectivity index (χ0v) is 11.8. The molecule has 0 aromatic heterocycles. The molecule has 0 spiro atoms. The van der Waals surface area contributed by atoms with Crippen molar-refractivity contribution in [3.8, 4) is 0 Å². The number of rotatable bonds is 4. The Morgan fingerprint density at radius 2 is 1.84 bits per heavy atom. The molecule has 0 saturated heterocycles. The molecular weight excluding hydrogens is 254 g/mol. The maximum absolute atomic E-state index is 11.8. The highest BCUT2D eigenvalue weighted by molar-refractivity contribution is 7.80. The highest BCUT2D eigenvalue weighted by Crippen LogP contribution is 2.08. The van der Waals surface area contributed by atoms with Crippen molar-refractivity contribution < 1.29 is 4.79 Å². The fourth-order valence-corrected chi connectivity index (χ4v) is 2.03. The summed E-state index contributed by atoms with van der Waals surface area (Å²) in [4.78, 5) is 12.7. The summed E-state index contributed by atoms with van der Waals surface area (Å²) in [6.45, 7) is 2.62. The van der Waals surface area contributed by atoms with E-state index in [-0.39, 0.29) is 5.91 Å². The number of carbonyl (C=O) groups is 1. The number of nitrogens with one attached hydrogen (secondary N) is 1. The van der Waals surface area contributed by atoms with Crippen LogP contribution in [-0.2, 0) is 17.8 Å². The summed E-state index contributed by atoms with van der Waals surface area (Å²) in [5, 5.41) is 2.93. The number of hydrogen-bond acceptors (Lipinski definition) is 2. The summed E-state index contributed by atoms with van der Waals surface area (Å²) >= 11 is 4.22. The lowest BCUT2D eigenvalue weighted by Gasteiger charge is -2.06. The van der Waals surface area contributed by atoms with Crippen molar-refractivity contribution in [3.63, 3.8) is 0 Å². The van der Waals surface area contributed by atoms with Crippen molar-refractivity contribution in [1.82, 2.24) is 5.32 Å². The zero-order chi connectivity index (χ0) is 13.7. The Hall–Kier alpha value is -1.74. The van der Waals surface area contributed by atoms with E-state index in [1.165, 1.54) is 5.56 Å². The summed E-state index contributed by atoms with van der Waals surface area (Å²) in [6.07, 6.45) is 0.403. The first-order valence-electron chi connectivity index (χ1n) is 6.23. The van der Waals surface area contributed by atoms with Gasteiger partial charge in [0.15, 0.2) is 0 Å². The minimum absolute atomic E-state index is 0.0356. The van der Waals surface area contributed by atoms with Gasteiger partial charge in [0.25, 0.3) is 0 Å². The van der Waals surface area contributed by atoms with Gasteiger partial charge in [0.05, 0.1) is 6.42 Å². The molecule has 0 aliphatic rings. The largest absolute Gasteiger partial charge is 0.352 e. The van der Waals surface area contributed by atoms with E-state index in [1.807, 2.05) is 49.4 Å². The van der Waals surface area contributed by atoms with Crippen LogP contribution in [0.15, 0.2) is 53.4 Å². The summed E-state index contributed by atoms with van der Waals surface area (Å²) in [6, 6.07) is 15.8. The van der Waals surface area contributed by atoms with Gasteiger partial charge in [-0.15, -0.1) is 12.6 Å². The number of carbonyl (C=O) groups excluding carboxylic acids is 1. The third-order valence-corrected chi connectivity index (χ3v) is 3.17. The predicted molar refractivity (Wildman–Crippen MR) is 80.4 cm³/mol. The summed E-state index contributed by atoms with van der Waals surface area (Å²) in [7, 11) is 0. The van der Waals surface area contributed by atoms with Gasteiger partial charge in [-0.1, -0.05) is 42.0 Å². The Morgan fingerprint density at radius 1 is 1.11 bits per heavy atom. The summed E-state index contributed by atoms with van der Waals surface area (Å²) < 4.78 is 0. The molecule has 98 valence electrons. The molecule has 1 amide bonds. The SMILES string of the molecule is Cc1cccc(CNC(=O)Cc2ccc(S)cc2)c1. The second-order valence-corrected chi connectivity index (χ2v) is 5.13. The van der Waals surface area contributed by atoms with Crippen LogP contribution in [0.1, 0.15) is 16.7 Å². The van der Waals surface area contributed by atoms with Gasteiger partial charge >= 0.3 is 0 Å². The quantitative estimate of drug-likeness (QED) is 0.822. The average molecular weight is 271 g/mol. The fourth-order valence-electron chi connectivity index (χ4n) is 1.88. The molecule has 0 saturated carbocycles. The molecule has 0 heterocycles. The van der Waals surface area contributed by atoms with Crippen LogP contribution in [0.4, 0.5) is 0 Å². The fraction of sp³-hybridized carbons (Fsp3) is 0.188. The van der Waals surface area contributed by atoms with Crippen molar-refractivity contribution in [2.75, 3.05) is 0 Å². The van der Waals surface area contributed by atoms with Crippen molar-refractivity contribution in [2.45, 2.75) is 24.8 Å². The maximum Gasteiger partial charge on any atom is 0.224 e. The molecule has 3 heteroatoms. The molecule has 2 aromatic rings. The molecule has 2 aromatic carbocycles. The monoisotopic (exact) mass is 271 g/mol. The lowest BCUT2D eigenvalue weighted by Crippen LogP contribution is -2.24. The van der Waals surface area contributed by atoms with E-state index in [0.29, 0.717) is 13.0 Å². The van der Waals surface area contributed by atoms with Gasteiger partial charge in [-0.25, -0.2) is 0 Å². The van der Waals surface area contributed by atoms with Gasteiger partial charge in [-0.3, -0.25) is 4.79 Å². The average Bonchev–Trinajstić information content (AvgIpc) is 2.39. The first-order chi connectivity index (χ1) is 9.13. The molecular formula is C16H17NOS. The number of aryl methyl sites for hydroxylation is 1. The first-order valence-corrected chi connectivity index (χ1v) is 6.68. The predicted octanol–water partition coefficient (Wildman–Crippen LogP) is 3.14. The van der Waals surface area contributed by atoms with Crippen LogP contribution in [-0.4, -0.2) is 5.91 Å². The molecule has 0 radical (unpaired) electrons. The van der Waals surface area contributed by atoms with E-state index in [0.717, 1.165) is 16.0 Å².